The van der Waals surface area contributed by atoms with Gasteiger partial charge in [-0.15, -0.1) is 0 Å². The van der Waals surface area contributed by atoms with Gasteiger partial charge in [-0.25, -0.2) is 4.79 Å². The van der Waals surface area contributed by atoms with Crippen LogP contribution in [0.2, 0.25) is 0 Å². The lowest BCUT2D eigenvalue weighted by atomic mass is 9.92. The fourth-order valence-electron chi connectivity index (χ4n) is 2.01. The molecule has 4 heteroatoms. The summed E-state index contributed by atoms with van der Waals surface area (Å²) >= 11 is 2.40. The molecule has 1 fully saturated rings. The molecule has 16 heavy (non-hydrogen) atoms. The van der Waals surface area contributed by atoms with E-state index in [1.165, 1.54) is 6.42 Å². The van der Waals surface area contributed by atoms with Crippen molar-refractivity contribution >= 4 is 28.7 Å². The van der Waals surface area contributed by atoms with E-state index in [-0.39, 0.29) is 6.09 Å². The number of piperidine rings is 1. The lowest BCUT2D eigenvalue weighted by Gasteiger charge is -2.39. The van der Waals surface area contributed by atoms with Crippen LogP contribution in [0.15, 0.2) is 0 Å². The van der Waals surface area contributed by atoms with Gasteiger partial charge in [0.05, 0.1) is 0 Å². The highest BCUT2D eigenvalue weighted by molar-refractivity contribution is 14.1. The number of rotatable bonds is 1. The van der Waals surface area contributed by atoms with Crippen LogP contribution in [0.3, 0.4) is 0 Å². The van der Waals surface area contributed by atoms with Crippen molar-refractivity contribution in [3.05, 3.63) is 0 Å². The summed E-state index contributed by atoms with van der Waals surface area (Å²) in [6.07, 6.45) is 2.16. The Bertz CT molecular complexity index is 250. The summed E-state index contributed by atoms with van der Waals surface area (Å²) in [5.74, 6) is 0.613. The van der Waals surface area contributed by atoms with Gasteiger partial charge in [-0.2, -0.15) is 0 Å². The van der Waals surface area contributed by atoms with E-state index in [2.05, 4.69) is 29.5 Å². The Morgan fingerprint density at radius 3 is 2.62 bits per heavy atom. The maximum absolute atomic E-state index is 12.0. The summed E-state index contributed by atoms with van der Waals surface area (Å²) in [7, 11) is 0. The summed E-state index contributed by atoms with van der Waals surface area (Å²) < 4.78 is 6.53. The summed E-state index contributed by atoms with van der Waals surface area (Å²) in [5.41, 5.74) is -0.395. The Kier molecular flexibility index (Phi) is 4.88. The molecule has 0 aromatic rings. The third-order valence-electron chi connectivity index (χ3n) is 2.97. The molecule has 0 aliphatic carbocycles. The minimum Gasteiger partial charge on any atom is -0.444 e. The number of ether oxygens (including phenoxy) is 1. The van der Waals surface area contributed by atoms with E-state index in [1.807, 2.05) is 25.7 Å². The molecule has 1 unspecified atom stereocenters. The van der Waals surface area contributed by atoms with Crippen LogP contribution in [-0.4, -0.2) is 33.6 Å². The fourth-order valence-corrected chi connectivity index (χ4v) is 3.18. The molecule has 0 aromatic heterocycles. The number of likely N-dealkylation sites (tertiary alicyclic amines) is 1. The molecule has 0 spiro atoms. The monoisotopic (exact) mass is 339 g/mol. The van der Waals surface area contributed by atoms with Gasteiger partial charge in [-0.05, 0) is 46.5 Å². The van der Waals surface area contributed by atoms with Crippen molar-refractivity contribution in [2.75, 3.05) is 11.0 Å². The van der Waals surface area contributed by atoms with Crippen LogP contribution in [0.5, 0.6) is 0 Å². The van der Waals surface area contributed by atoms with Gasteiger partial charge in [0.25, 0.3) is 0 Å². The van der Waals surface area contributed by atoms with Crippen LogP contribution in [0.1, 0.15) is 40.5 Å². The molecule has 0 N–H and O–H groups in total. The summed E-state index contributed by atoms with van der Waals surface area (Å²) in [5, 5.41) is 0. The number of hydrogen-bond donors (Lipinski definition) is 0. The predicted octanol–water partition coefficient (Wildman–Crippen LogP) is 3.46. The van der Waals surface area contributed by atoms with Gasteiger partial charge in [0.15, 0.2) is 0 Å². The molecule has 1 aliphatic heterocycles. The lowest BCUT2D eigenvalue weighted by molar-refractivity contribution is 0.00527. The Balaban J connectivity index is 2.61. The molecule has 94 valence electrons. The zero-order chi connectivity index (χ0) is 12.3. The van der Waals surface area contributed by atoms with E-state index in [9.17, 15) is 4.79 Å². The molecular weight excluding hydrogens is 317 g/mol. The summed E-state index contributed by atoms with van der Waals surface area (Å²) in [4.78, 5) is 13.9. The normalized spacial score (nSPS) is 26.7. The summed E-state index contributed by atoms with van der Waals surface area (Å²) in [6.45, 7) is 8.70. The highest BCUT2D eigenvalue weighted by Crippen LogP contribution is 2.26. The van der Waals surface area contributed by atoms with Crippen molar-refractivity contribution in [3.8, 4) is 0 Å². The maximum Gasteiger partial charge on any atom is 0.410 e. The third-order valence-corrected chi connectivity index (χ3v) is 4.11. The molecule has 0 radical (unpaired) electrons. The van der Waals surface area contributed by atoms with Crippen LogP contribution in [0.4, 0.5) is 4.79 Å². The van der Waals surface area contributed by atoms with Crippen molar-refractivity contribution in [2.24, 2.45) is 5.92 Å². The van der Waals surface area contributed by atoms with Crippen molar-refractivity contribution in [1.29, 1.82) is 0 Å². The Morgan fingerprint density at radius 1 is 1.50 bits per heavy atom. The van der Waals surface area contributed by atoms with Gasteiger partial charge in [-0.3, -0.25) is 0 Å². The molecule has 1 aliphatic rings. The Morgan fingerprint density at radius 2 is 2.12 bits per heavy atom. The topological polar surface area (TPSA) is 29.5 Å². The molecule has 1 saturated heterocycles. The quantitative estimate of drug-likeness (QED) is 0.541. The second-order valence-electron chi connectivity index (χ2n) is 5.47. The molecular formula is C12H22INO2. The Labute approximate surface area is 112 Å². The number of alkyl halides is 1. The number of nitrogens with zero attached hydrogens (tertiary/aromatic N) is 1. The van der Waals surface area contributed by atoms with E-state index in [0.29, 0.717) is 12.0 Å². The van der Waals surface area contributed by atoms with Crippen LogP contribution in [-0.2, 0) is 4.74 Å². The van der Waals surface area contributed by atoms with Crippen molar-refractivity contribution in [2.45, 2.75) is 52.2 Å². The predicted molar refractivity (Wildman–Crippen MR) is 74.0 cm³/mol. The van der Waals surface area contributed by atoms with Crippen molar-refractivity contribution in [3.63, 3.8) is 0 Å². The molecule has 0 saturated carbocycles. The van der Waals surface area contributed by atoms with Crippen molar-refractivity contribution < 1.29 is 9.53 Å². The van der Waals surface area contributed by atoms with E-state index in [1.54, 1.807) is 0 Å². The smallest absolute Gasteiger partial charge is 0.410 e. The largest absolute Gasteiger partial charge is 0.444 e. The number of carbonyl (C=O) groups excluding carboxylic acids is 1. The first-order valence-corrected chi connectivity index (χ1v) is 7.43. The molecule has 2 atom stereocenters. The van der Waals surface area contributed by atoms with Gasteiger partial charge in [-0.1, -0.05) is 22.6 Å². The second kappa shape index (κ2) is 5.56. The van der Waals surface area contributed by atoms with Crippen molar-refractivity contribution in [1.82, 2.24) is 4.90 Å². The average molecular weight is 339 g/mol. The number of hydrogen-bond acceptors (Lipinski definition) is 2. The van der Waals surface area contributed by atoms with E-state index >= 15 is 0 Å². The Hall–Kier alpha value is 0. The number of amides is 1. The maximum atomic E-state index is 12.0. The van der Waals surface area contributed by atoms with Gasteiger partial charge in [0.2, 0.25) is 0 Å². The highest BCUT2D eigenvalue weighted by atomic mass is 127. The molecule has 1 amide bonds. The highest BCUT2D eigenvalue weighted by Gasteiger charge is 2.32. The minimum absolute atomic E-state index is 0.158. The SMILES string of the molecule is C[C@H]1C(CI)CCCN1C(=O)OC(C)(C)C. The fraction of sp³-hybridized carbons (Fsp3) is 0.917. The van der Waals surface area contributed by atoms with Crippen LogP contribution >= 0.6 is 22.6 Å². The van der Waals surface area contributed by atoms with Crippen LogP contribution < -0.4 is 0 Å². The third kappa shape index (κ3) is 3.79. The van der Waals surface area contributed by atoms with Gasteiger partial charge in [0.1, 0.15) is 5.60 Å². The molecule has 3 nitrogen and oxygen atoms in total. The molecule has 0 aromatic carbocycles. The van der Waals surface area contributed by atoms with Gasteiger partial charge in [0, 0.05) is 17.0 Å². The lowest BCUT2D eigenvalue weighted by Crippen LogP contribution is -2.49. The van der Waals surface area contributed by atoms with Gasteiger partial charge < -0.3 is 9.64 Å². The van der Waals surface area contributed by atoms with E-state index in [0.717, 1.165) is 17.4 Å². The van der Waals surface area contributed by atoms with Crippen LogP contribution in [0.25, 0.3) is 0 Å². The summed E-state index contributed by atoms with van der Waals surface area (Å²) in [6, 6.07) is 0.306. The molecule has 0 bridgehead atoms. The average Bonchev–Trinajstić information content (AvgIpc) is 2.15. The zero-order valence-corrected chi connectivity index (χ0v) is 12.8. The first kappa shape index (κ1) is 14.1. The van der Waals surface area contributed by atoms with Crippen LogP contribution in [0, 0.1) is 5.92 Å². The number of carbonyl (C=O) groups is 1. The minimum atomic E-state index is -0.395. The molecule has 1 rings (SSSR count). The van der Waals surface area contributed by atoms with Gasteiger partial charge >= 0.3 is 6.09 Å². The standard InChI is InChI=1S/C12H22INO2/c1-9-10(8-13)6-5-7-14(9)11(15)16-12(2,3)4/h9-10H,5-8H2,1-4H3/t9-,10?/m0/s1. The van der Waals surface area contributed by atoms with E-state index in [4.69, 9.17) is 4.74 Å². The zero-order valence-electron chi connectivity index (χ0n) is 10.6. The first-order valence-electron chi connectivity index (χ1n) is 5.90. The molecule has 1 heterocycles. The second-order valence-corrected chi connectivity index (χ2v) is 6.35. The first-order chi connectivity index (χ1) is 7.35. The number of halogens is 1. The van der Waals surface area contributed by atoms with E-state index < -0.39 is 5.60 Å².